The molecular formula is C13H22O4S3. The number of esters is 1. The van der Waals surface area contributed by atoms with Gasteiger partial charge in [0.25, 0.3) is 0 Å². The molecule has 0 amide bonds. The third-order valence-electron chi connectivity index (χ3n) is 1.93. The van der Waals surface area contributed by atoms with E-state index in [4.69, 9.17) is 26.4 Å². The summed E-state index contributed by atoms with van der Waals surface area (Å²) in [6, 6.07) is 0. The van der Waals surface area contributed by atoms with Gasteiger partial charge in [-0.3, -0.25) is 0 Å². The molecule has 0 heterocycles. The molecule has 7 heteroatoms. The van der Waals surface area contributed by atoms with Crippen molar-refractivity contribution in [1.29, 1.82) is 0 Å². The fourth-order valence-corrected chi connectivity index (χ4v) is 3.08. The maximum Gasteiger partial charge on any atom is 0.330 e. The average molecular weight is 339 g/mol. The van der Waals surface area contributed by atoms with Gasteiger partial charge < -0.3 is 14.2 Å². The smallest absolute Gasteiger partial charge is 0.330 e. The number of thioether (sulfide) groups is 2. The second-order valence-corrected chi connectivity index (χ2v) is 7.02. The van der Waals surface area contributed by atoms with Gasteiger partial charge in [0.1, 0.15) is 10.1 Å². The summed E-state index contributed by atoms with van der Waals surface area (Å²) in [5.41, 5.74) is 0. The predicted octanol–water partition coefficient (Wildman–Crippen LogP) is 3.26. The highest BCUT2D eigenvalue weighted by molar-refractivity contribution is 8.47. The summed E-state index contributed by atoms with van der Waals surface area (Å²) in [7, 11) is 0. The van der Waals surface area contributed by atoms with E-state index in [1.807, 2.05) is 6.92 Å². The van der Waals surface area contributed by atoms with Gasteiger partial charge in [-0.05, 0) is 19.1 Å². The predicted molar refractivity (Wildman–Crippen MR) is 90.3 cm³/mol. The number of thiocarbonyl (C=S) groups is 1. The Morgan fingerprint density at radius 3 is 2.55 bits per heavy atom. The lowest BCUT2D eigenvalue weighted by atomic mass is 10.6. The van der Waals surface area contributed by atoms with Gasteiger partial charge in [0, 0.05) is 11.8 Å². The van der Waals surface area contributed by atoms with Crippen molar-refractivity contribution in [3.63, 3.8) is 0 Å². The molecule has 0 aliphatic heterocycles. The van der Waals surface area contributed by atoms with Crippen LogP contribution in [-0.2, 0) is 19.0 Å². The molecule has 20 heavy (non-hydrogen) atoms. The normalized spacial score (nSPS) is 11.9. The van der Waals surface area contributed by atoms with Crippen LogP contribution in [0.4, 0.5) is 0 Å². The van der Waals surface area contributed by atoms with E-state index in [2.05, 4.69) is 13.5 Å². The van der Waals surface area contributed by atoms with Gasteiger partial charge in [0.2, 0.25) is 0 Å². The second-order valence-electron chi connectivity index (χ2n) is 3.63. The Hall–Kier alpha value is -0.0800. The number of hydrogen-bond acceptors (Lipinski definition) is 7. The molecule has 1 unspecified atom stereocenters. The molecule has 0 spiro atoms. The van der Waals surface area contributed by atoms with Crippen molar-refractivity contribution in [3.05, 3.63) is 12.7 Å². The summed E-state index contributed by atoms with van der Waals surface area (Å²) in [5, 5.41) is 0. The maximum atomic E-state index is 10.8. The van der Waals surface area contributed by atoms with Crippen LogP contribution in [0.5, 0.6) is 0 Å². The molecule has 1 atom stereocenters. The van der Waals surface area contributed by atoms with Gasteiger partial charge in [-0.2, -0.15) is 0 Å². The van der Waals surface area contributed by atoms with Crippen LogP contribution in [0.25, 0.3) is 0 Å². The Morgan fingerprint density at radius 1 is 1.25 bits per heavy atom. The SMILES string of the molecule is C=CC(=O)OCCOC(C)OCCSC(=S)SCCC. The molecule has 0 N–H and O–H groups in total. The van der Waals surface area contributed by atoms with Gasteiger partial charge in [0.05, 0.1) is 13.2 Å². The largest absolute Gasteiger partial charge is 0.460 e. The molecular weight excluding hydrogens is 316 g/mol. The van der Waals surface area contributed by atoms with E-state index in [0.29, 0.717) is 13.2 Å². The van der Waals surface area contributed by atoms with Crippen LogP contribution < -0.4 is 0 Å². The first-order chi connectivity index (χ1) is 9.60. The highest BCUT2D eigenvalue weighted by Crippen LogP contribution is 2.17. The summed E-state index contributed by atoms with van der Waals surface area (Å²) in [6.45, 7) is 8.32. The van der Waals surface area contributed by atoms with Gasteiger partial charge in [-0.25, -0.2) is 4.79 Å². The third-order valence-corrected chi connectivity index (χ3v) is 4.80. The molecule has 116 valence electrons. The lowest BCUT2D eigenvalue weighted by molar-refractivity contribution is -0.151. The lowest BCUT2D eigenvalue weighted by Crippen LogP contribution is -2.18. The summed E-state index contributed by atoms with van der Waals surface area (Å²) in [4.78, 5) is 10.8. The van der Waals surface area contributed by atoms with Crippen molar-refractivity contribution in [2.75, 3.05) is 31.3 Å². The van der Waals surface area contributed by atoms with Crippen LogP contribution in [0.3, 0.4) is 0 Å². The monoisotopic (exact) mass is 338 g/mol. The fraction of sp³-hybridized carbons (Fsp3) is 0.692. The number of carbonyl (C=O) groups is 1. The first-order valence-corrected chi connectivity index (χ1v) is 8.80. The quantitative estimate of drug-likeness (QED) is 0.188. The molecule has 0 saturated carbocycles. The minimum absolute atomic E-state index is 0.199. The summed E-state index contributed by atoms with van der Waals surface area (Å²) < 4.78 is 16.5. The molecule has 0 aromatic carbocycles. The van der Waals surface area contributed by atoms with Crippen molar-refractivity contribution >= 4 is 45.2 Å². The van der Waals surface area contributed by atoms with Crippen molar-refractivity contribution in [3.8, 4) is 0 Å². The zero-order valence-electron chi connectivity index (χ0n) is 12.0. The first kappa shape index (κ1) is 19.9. The highest BCUT2D eigenvalue weighted by Gasteiger charge is 2.04. The van der Waals surface area contributed by atoms with E-state index in [-0.39, 0.29) is 12.9 Å². The van der Waals surface area contributed by atoms with Crippen LogP contribution in [0.2, 0.25) is 0 Å². The molecule has 0 bridgehead atoms. The molecule has 0 aromatic rings. The van der Waals surface area contributed by atoms with E-state index >= 15 is 0 Å². The van der Waals surface area contributed by atoms with E-state index in [1.54, 1.807) is 23.5 Å². The van der Waals surface area contributed by atoms with Gasteiger partial charge in [-0.1, -0.05) is 25.7 Å². The number of rotatable bonds is 11. The molecule has 0 aromatic heterocycles. The number of carbonyl (C=O) groups excluding carboxylic acids is 1. The van der Waals surface area contributed by atoms with Gasteiger partial charge in [-0.15, -0.1) is 23.5 Å². The molecule has 0 saturated heterocycles. The molecule has 0 radical (unpaired) electrons. The number of hydrogen-bond donors (Lipinski definition) is 0. The van der Waals surface area contributed by atoms with Gasteiger partial charge >= 0.3 is 5.97 Å². The van der Waals surface area contributed by atoms with Crippen LogP contribution in [-0.4, -0.2) is 47.1 Å². The standard InChI is InChI=1S/C13H22O4S3/c1-4-9-19-13(18)20-10-8-16-11(3)15-6-7-17-12(14)5-2/h5,11H,2,4,6-10H2,1,3H3. The lowest BCUT2D eigenvalue weighted by Gasteiger charge is -2.13. The minimum atomic E-state index is -0.448. The van der Waals surface area contributed by atoms with E-state index in [0.717, 1.165) is 27.5 Å². The van der Waals surface area contributed by atoms with E-state index in [1.165, 1.54) is 0 Å². The third kappa shape index (κ3) is 12.9. The zero-order chi connectivity index (χ0) is 15.2. The van der Waals surface area contributed by atoms with Gasteiger partial charge in [0.15, 0.2) is 6.29 Å². The summed E-state index contributed by atoms with van der Waals surface area (Å²) in [6.07, 6.45) is 1.93. The Morgan fingerprint density at radius 2 is 1.90 bits per heavy atom. The van der Waals surface area contributed by atoms with Crippen molar-refractivity contribution in [2.24, 2.45) is 0 Å². The zero-order valence-corrected chi connectivity index (χ0v) is 14.4. The maximum absolute atomic E-state index is 10.8. The van der Waals surface area contributed by atoms with Crippen LogP contribution in [0.15, 0.2) is 12.7 Å². The molecule has 0 aliphatic carbocycles. The Balaban J connectivity index is 3.40. The fourth-order valence-electron chi connectivity index (χ4n) is 1.03. The Labute approximate surface area is 135 Å². The Bertz CT molecular complexity index is 297. The molecule has 4 nitrogen and oxygen atoms in total. The molecule has 0 fully saturated rings. The van der Waals surface area contributed by atoms with E-state index in [9.17, 15) is 4.79 Å². The van der Waals surface area contributed by atoms with Crippen molar-refractivity contribution in [2.45, 2.75) is 26.6 Å². The molecule has 0 rings (SSSR count). The van der Waals surface area contributed by atoms with Crippen LogP contribution >= 0.6 is 35.7 Å². The van der Waals surface area contributed by atoms with Crippen molar-refractivity contribution in [1.82, 2.24) is 0 Å². The van der Waals surface area contributed by atoms with E-state index < -0.39 is 5.97 Å². The highest BCUT2D eigenvalue weighted by atomic mass is 32.2. The summed E-state index contributed by atoms with van der Waals surface area (Å²) >= 11 is 8.54. The topological polar surface area (TPSA) is 44.8 Å². The first-order valence-electron chi connectivity index (χ1n) is 6.42. The average Bonchev–Trinajstić information content (AvgIpc) is 2.45. The molecule has 0 aliphatic rings. The summed E-state index contributed by atoms with van der Waals surface area (Å²) in [5.74, 6) is 1.43. The number of ether oxygens (including phenoxy) is 3. The second kappa shape index (κ2) is 13.9. The van der Waals surface area contributed by atoms with Crippen LogP contribution in [0.1, 0.15) is 20.3 Å². The minimum Gasteiger partial charge on any atom is -0.460 e. The van der Waals surface area contributed by atoms with Crippen molar-refractivity contribution < 1.29 is 19.0 Å². The Kier molecular flexibility index (Phi) is 13.8. The van der Waals surface area contributed by atoms with Crippen LogP contribution in [0, 0.1) is 0 Å².